The number of rotatable bonds is 4. The van der Waals surface area contributed by atoms with Gasteiger partial charge in [0.25, 0.3) is 5.91 Å². The number of aromatic nitrogens is 1. The van der Waals surface area contributed by atoms with Gasteiger partial charge in [0.15, 0.2) is 0 Å². The van der Waals surface area contributed by atoms with Crippen molar-refractivity contribution >= 4 is 17.2 Å². The third kappa shape index (κ3) is 3.02. The highest BCUT2D eigenvalue weighted by Crippen LogP contribution is 2.16. The van der Waals surface area contributed by atoms with Gasteiger partial charge in [-0.3, -0.25) is 4.79 Å². The Bertz CT molecular complexity index is 388. The van der Waals surface area contributed by atoms with Gasteiger partial charge in [-0.25, -0.2) is 4.98 Å². The lowest BCUT2D eigenvalue weighted by atomic mass is 10.1. The molecule has 0 aromatic carbocycles. The lowest BCUT2D eigenvalue weighted by Crippen LogP contribution is -2.40. The van der Waals surface area contributed by atoms with Crippen LogP contribution in [0.1, 0.15) is 35.3 Å². The molecule has 0 saturated carbocycles. The van der Waals surface area contributed by atoms with Crippen LogP contribution in [0.4, 0.5) is 0 Å². The third-order valence-electron chi connectivity index (χ3n) is 2.84. The highest BCUT2D eigenvalue weighted by atomic mass is 32.1. The number of carbonyl (C=O) groups is 1. The summed E-state index contributed by atoms with van der Waals surface area (Å²) in [7, 11) is 0. The Kier molecular flexibility index (Phi) is 4.09. The zero-order chi connectivity index (χ0) is 12.3. The Labute approximate surface area is 104 Å². The molecule has 2 atom stereocenters. The Morgan fingerprint density at radius 2 is 2.65 bits per heavy atom. The van der Waals surface area contributed by atoms with Crippen LogP contribution >= 0.6 is 11.3 Å². The molecule has 1 aromatic heterocycles. The maximum atomic E-state index is 11.9. The van der Waals surface area contributed by atoms with E-state index in [1.54, 1.807) is 5.38 Å². The first-order chi connectivity index (χ1) is 8.20. The van der Waals surface area contributed by atoms with Gasteiger partial charge >= 0.3 is 0 Å². The minimum absolute atomic E-state index is 0.0213. The maximum Gasteiger partial charge on any atom is 0.271 e. The number of ether oxygens (including phenoxy) is 1. The van der Waals surface area contributed by atoms with E-state index in [0.717, 1.165) is 24.5 Å². The molecule has 0 radical (unpaired) electrons. The molecule has 2 unspecified atom stereocenters. The van der Waals surface area contributed by atoms with E-state index in [1.165, 1.54) is 11.3 Å². The SMILES string of the molecule is CC(NC(=O)c1csc(CN)n1)C1CCCO1. The van der Waals surface area contributed by atoms with Gasteiger partial charge in [-0.15, -0.1) is 11.3 Å². The molecule has 2 rings (SSSR count). The molecule has 0 bridgehead atoms. The summed E-state index contributed by atoms with van der Waals surface area (Å²) >= 11 is 1.41. The molecule has 0 spiro atoms. The van der Waals surface area contributed by atoms with Gasteiger partial charge < -0.3 is 15.8 Å². The third-order valence-corrected chi connectivity index (χ3v) is 3.71. The van der Waals surface area contributed by atoms with E-state index in [4.69, 9.17) is 10.5 Å². The monoisotopic (exact) mass is 255 g/mol. The Hall–Kier alpha value is -0.980. The van der Waals surface area contributed by atoms with Gasteiger partial charge in [0.2, 0.25) is 0 Å². The van der Waals surface area contributed by atoms with Gasteiger partial charge in [-0.2, -0.15) is 0 Å². The number of nitrogens with zero attached hydrogens (tertiary/aromatic N) is 1. The molecule has 5 nitrogen and oxygen atoms in total. The second kappa shape index (κ2) is 5.57. The van der Waals surface area contributed by atoms with Gasteiger partial charge in [0.05, 0.1) is 12.1 Å². The summed E-state index contributed by atoms with van der Waals surface area (Å²) in [5, 5.41) is 5.43. The average Bonchev–Trinajstić information content (AvgIpc) is 3.00. The number of hydrogen-bond donors (Lipinski definition) is 2. The summed E-state index contributed by atoms with van der Waals surface area (Å²) in [5.74, 6) is -0.149. The average molecular weight is 255 g/mol. The fourth-order valence-electron chi connectivity index (χ4n) is 1.88. The number of amides is 1. The van der Waals surface area contributed by atoms with Crippen molar-refractivity contribution in [1.82, 2.24) is 10.3 Å². The van der Waals surface area contributed by atoms with Crippen LogP contribution in [0.25, 0.3) is 0 Å². The van der Waals surface area contributed by atoms with Crippen molar-refractivity contribution in [1.29, 1.82) is 0 Å². The molecule has 1 aliphatic rings. The number of carbonyl (C=O) groups excluding carboxylic acids is 1. The van der Waals surface area contributed by atoms with E-state index in [9.17, 15) is 4.79 Å². The zero-order valence-electron chi connectivity index (χ0n) is 9.81. The number of hydrogen-bond acceptors (Lipinski definition) is 5. The van der Waals surface area contributed by atoms with Crippen molar-refractivity contribution in [2.75, 3.05) is 6.61 Å². The van der Waals surface area contributed by atoms with Crippen LogP contribution in [-0.4, -0.2) is 29.6 Å². The summed E-state index contributed by atoms with van der Waals surface area (Å²) in [6.07, 6.45) is 2.21. The van der Waals surface area contributed by atoms with Crippen molar-refractivity contribution in [3.05, 3.63) is 16.1 Å². The number of nitrogens with one attached hydrogen (secondary N) is 1. The summed E-state index contributed by atoms with van der Waals surface area (Å²) in [4.78, 5) is 16.0. The van der Waals surface area contributed by atoms with Crippen LogP contribution < -0.4 is 11.1 Å². The van der Waals surface area contributed by atoms with Gasteiger partial charge in [-0.1, -0.05) is 0 Å². The largest absolute Gasteiger partial charge is 0.376 e. The van der Waals surface area contributed by atoms with Crippen molar-refractivity contribution in [3.8, 4) is 0 Å². The van der Waals surface area contributed by atoms with Crippen LogP contribution in [0.2, 0.25) is 0 Å². The molecule has 3 N–H and O–H groups in total. The van der Waals surface area contributed by atoms with Crippen LogP contribution in [0.15, 0.2) is 5.38 Å². The van der Waals surface area contributed by atoms with Crippen molar-refractivity contribution in [2.24, 2.45) is 5.73 Å². The molecule has 1 aliphatic heterocycles. The molecular formula is C11H17N3O2S. The molecule has 94 valence electrons. The molecule has 1 saturated heterocycles. The predicted molar refractivity (Wildman–Crippen MR) is 65.9 cm³/mol. The molecule has 0 aliphatic carbocycles. The highest BCUT2D eigenvalue weighted by Gasteiger charge is 2.24. The summed E-state index contributed by atoms with van der Waals surface area (Å²) in [6.45, 7) is 3.13. The normalized spacial score (nSPS) is 21.4. The van der Waals surface area contributed by atoms with Crippen molar-refractivity contribution in [2.45, 2.75) is 38.5 Å². The quantitative estimate of drug-likeness (QED) is 0.838. The van der Waals surface area contributed by atoms with E-state index < -0.39 is 0 Å². The fraction of sp³-hybridized carbons (Fsp3) is 0.636. The van der Waals surface area contributed by atoms with Crippen LogP contribution in [0, 0.1) is 0 Å². The molecule has 1 aromatic rings. The fourth-order valence-corrected chi connectivity index (χ4v) is 2.53. The zero-order valence-corrected chi connectivity index (χ0v) is 10.6. The minimum Gasteiger partial charge on any atom is -0.376 e. The van der Waals surface area contributed by atoms with E-state index in [2.05, 4.69) is 10.3 Å². The second-order valence-corrected chi connectivity index (χ2v) is 5.09. The number of nitrogens with two attached hydrogens (primary N) is 1. The lowest BCUT2D eigenvalue weighted by molar-refractivity contribution is 0.0710. The van der Waals surface area contributed by atoms with E-state index in [1.807, 2.05) is 6.92 Å². The highest BCUT2D eigenvalue weighted by molar-refractivity contribution is 7.09. The van der Waals surface area contributed by atoms with Gasteiger partial charge in [0, 0.05) is 18.5 Å². The van der Waals surface area contributed by atoms with Crippen molar-refractivity contribution < 1.29 is 9.53 Å². The van der Waals surface area contributed by atoms with Crippen LogP contribution in [0.5, 0.6) is 0 Å². The molecule has 2 heterocycles. The number of thiazole rings is 1. The first kappa shape index (κ1) is 12.5. The van der Waals surface area contributed by atoms with Crippen LogP contribution in [0.3, 0.4) is 0 Å². The Balaban J connectivity index is 1.91. The second-order valence-electron chi connectivity index (χ2n) is 4.14. The van der Waals surface area contributed by atoms with Gasteiger partial charge in [0.1, 0.15) is 10.7 Å². The van der Waals surface area contributed by atoms with E-state index in [0.29, 0.717) is 12.2 Å². The minimum atomic E-state index is -0.149. The summed E-state index contributed by atoms with van der Waals surface area (Å²) < 4.78 is 5.53. The molecule has 6 heteroatoms. The molecular weight excluding hydrogens is 238 g/mol. The topological polar surface area (TPSA) is 77.2 Å². The Morgan fingerprint density at radius 1 is 1.82 bits per heavy atom. The molecule has 1 fully saturated rings. The summed E-state index contributed by atoms with van der Waals surface area (Å²) in [6, 6.07) is 0.0213. The first-order valence-corrected chi connectivity index (χ1v) is 6.65. The van der Waals surface area contributed by atoms with Crippen molar-refractivity contribution in [3.63, 3.8) is 0 Å². The van der Waals surface area contributed by atoms with Crippen LogP contribution in [-0.2, 0) is 11.3 Å². The smallest absolute Gasteiger partial charge is 0.271 e. The molecule has 1 amide bonds. The first-order valence-electron chi connectivity index (χ1n) is 5.77. The maximum absolute atomic E-state index is 11.9. The van der Waals surface area contributed by atoms with E-state index >= 15 is 0 Å². The standard InChI is InChI=1S/C11H17N3O2S/c1-7(9-3-2-4-16-9)13-11(15)8-6-17-10(5-12)14-8/h6-7,9H,2-5,12H2,1H3,(H,13,15). The lowest BCUT2D eigenvalue weighted by Gasteiger charge is -2.19. The molecule has 17 heavy (non-hydrogen) atoms. The van der Waals surface area contributed by atoms with E-state index in [-0.39, 0.29) is 18.1 Å². The predicted octanol–water partition coefficient (Wildman–Crippen LogP) is 0.899. The Morgan fingerprint density at radius 3 is 3.24 bits per heavy atom. The van der Waals surface area contributed by atoms with Gasteiger partial charge in [-0.05, 0) is 19.8 Å². The summed E-state index contributed by atoms with van der Waals surface area (Å²) in [5.41, 5.74) is 5.91.